The lowest BCUT2D eigenvalue weighted by molar-refractivity contribution is 0.291. The smallest absolute Gasteiger partial charge is 0.229 e. The van der Waals surface area contributed by atoms with Gasteiger partial charge in [-0.2, -0.15) is 4.98 Å². The zero-order chi connectivity index (χ0) is 6.97. The maximum Gasteiger partial charge on any atom is 0.229 e. The van der Waals surface area contributed by atoms with Crippen LogP contribution < -0.4 is 0 Å². The van der Waals surface area contributed by atoms with E-state index in [0.717, 1.165) is 5.89 Å². The summed E-state index contributed by atoms with van der Waals surface area (Å²) in [7, 11) is 0. The highest BCUT2D eigenvalue weighted by Gasteiger charge is 2.24. The molecule has 1 aliphatic carbocycles. The predicted molar refractivity (Wildman–Crippen MR) is 35.3 cm³/mol. The second kappa shape index (κ2) is 2.08. The fraction of sp³-hybridized carbons (Fsp3) is 0.571. The number of hydrogen-bond donors (Lipinski definition) is 0. The Hall–Kier alpha value is -0.860. The first-order valence-corrected chi connectivity index (χ1v) is 3.52. The van der Waals surface area contributed by atoms with Gasteiger partial charge in [-0.1, -0.05) is 11.6 Å². The van der Waals surface area contributed by atoms with Crippen LogP contribution in [-0.2, 0) is 0 Å². The predicted octanol–water partition coefficient (Wildman–Crippen LogP) is 1.52. The molecule has 53 valence electrons. The summed E-state index contributed by atoms with van der Waals surface area (Å²) in [6.07, 6.45) is 3.68. The minimum atomic E-state index is 0.502. The third-order valence-corrected chi connectivity index (χ3v) is 1.94. The van der Waals surface area contributed by atoms with E-state index in [9.17, 15) is 0 Å². The summed E-state index contributed by atoms with van der Waals surface area (Å²) in [5, 5.41) is 3.62. The second-order valence-corrected chi connectivity index (χ2v) is 2.68. The highest BCUT2D eigenvalue weighted by atomic mass is 16.5. The number of aromatic nitrogens is 2. The van der Waals surface area contributed by atoms with E-state index in [0.29, 0.717) is 11.7 Å². The second-order valence-electron chi connectivity index (χ2n) is 2.68. The Balaban J connectivity index is 2.17. The van der Waals surface area contributed by atoms with Crippen molar-refractivity contribution in [1.82, 2.24) is 10.1 Å². The van der Waals surface area contributed by atoms with Gasteiger partial charge in [-0.15, -0.1) is 0 Å². The molecule has 0 spiro atoms. The van der Waals surface area contributed by atoms with Crippen LogP contribution in [0, 0.1) is 6.92 Å². The van der Waals surface area contributed by atoms with E-state index >= 15 is 0 Å². The number of nitrogens with zero attached hydrogens (tertiary/aromatic N) is 2. The van der Waals surface area contributed by atoms with E-state index in [1.54, 1.807) is 0 Å². The van der Waals surface area contributed by atoms with Crippen molar-refractivity contribution in [3.05, 3.63) is 18.6 Å². The van der Waals surface area contributed by atoms with Crippen molar-refractivity contribution < 1.29 is 4.52 Å². The van der Waals surface area contributed by atoms with Gasteiger partial charge >= 0.3 is 0 Å². The van der Waals surface area contributed by atoms with Crippen molar-refractivity contribution in [2.75, 3.05) is 0 Å². The molecule has 1 radical (unpaired) electrons. The molecule has 0 unspecified atom stereocenters. The van der Waals surface area contributed by atoms with Gasteiger partial charge in [0.15, 0.2) is 5.82 Å². The van der Waals surface area contributed by atoms with Crippen LogP contribution in [0.1, 0.15) is 36.9 Å². The van der Waals surface area contributed by atoms with Gasteiger partial charge in [-0.05, 0) is 12.8 Å². The van der Waals surface area contributed by atoms with Gasteiger partial charge in [-0.25, -0.2) is 0 Å². The fourth-order valence-electron chi connectivity index (χ4n) is 1.09. The molecule has 1 heterocycles. The van der Waals surface area contributed by atoms with Crippen LogP contribution in [0.2, 0.25) is 0 Å². The van der Waals surface area contributed by atoms with Gasteiger partial charge in [0.1, 0.15) is 0 Å². The molecule has 0 atom stereocenters. The van der Waals surface area contributed by atoms with E-state index in [4.69, 9.17) is 4.52 Å². The van der Waals surface area contributed by atoms with Crippen molar-refractivity contribution in [2.24, 2.45) is 0 Å². The monoisotopic (exact) mass is 137 g/mol. The summed E-state index contributed by atoms with van der Waals surface area (Å²) >= 11 is 0. The molecule has 0 aliphatic heterocycles. The largest absolute Gasteiger partial charge is 0.339 e. The minimum absolute atomic E-state index is 0.502. The van der Waals surface area contributed by atoms with Gasteiger partial charge in [0.25, 0.3) is 0 Å². The van der Waals surface area contributed by atoms with E-state index in [1.807, 2.05) is 0 Å². The fourth-order valence-corrected chi connectivity index (χ4v) is 1.09. The maximum absolute atomic E-state index is 4.94. The van der Waals surface area contributed by atoms with E-state index in [1.165, 1.54) is 19.3 Å². The normalized spacial score (nSPS) is 18.9. The Labute approximate surface area is 59.4 Å². The highest BCUT2D eigenvalue weighted by molar-refractivity contribution is 4.99. The molecule has 0 bridgehead atoms. The molecule has 1 saturated carbocycles. The van der Waals surface area contributed by atoms with Crippen molar-refractivity contribution in [2.45, 2.75) is 25.2 Å². The quantitative estimate of drug-likeness (QED) is 0.589. The Bertz CT molecular complexity index is 227. The lowest BCUT2D eigenvalue weighted by atomic mass is 9.85. The van der Waals surface area contributed by atoms with E-state index < -0.39 is 0 Å². The number of hydrogen-bond acceptors (Lipinski definition) is 3. The lowest BCUT2D eigenvalue weighted by Crippen LogP contribution is -2.08. The Morgan fingerprint density at radius 3 is 2.70 bits per heavy atom. The van der Waals surface area contributed by atoms with Crippen LogP contribution in [0.15, 0.2) is 4.52 Å². The molecule has 3 heteroatoms. The van der Waals surface area contributed by atoms with Gasteiger partial charge in [0.2, 0.25) is 5.89 Å². The van der Waals surface area contributed by atoms with Gasteiger partial charge in [-0.3, -0.25) is 0 Å². The van der Waals surface area contributed by atoms with E-state index in [2.05, 4.69) is 17.1 Å². The van der Waals surface area contributed by atoms with Crippen LogP contribution in [0.25, 0.3) is 0 Å². The molecule has 1 fully saturated rings. The van der Waals surface area contributed by atoms with Crippen molar-refractivity contribution in [3.8, 4) is 0 Å². The molecule has 1 aromatic rings. The van der Waals surface area contributed by atoms with Crippen molar-refractivity contribution >= 4 is 0 Å². The molecular weight excluding hydrogens is 128 g/mol. The lowest BCUT2D eigenvalue weighted by Gasteiger charge is -2.20. The van der Waals surface area contributed by atoms with E-state index in [-0.39, 0.29) is 0 Å². The van der Waals surface area contributed by atoms with Crippen molar-refractivity contribution in [3.63, 3.8) is 0 Å². The molecule has 1 aliphatic rings. The first-order chi connectivity index (χ1) is 4.86. The summed E-state index contributed by atoms with van der Waals surface area (Å²) in [6.45, 7) is 3.57. The van der Waals surface area contributed by atoms with Gasteiger partial charge in [0.05, 0.1) is 0 Å². The van der Waals surface area contributed by atoms with Crippen LogP contribution in [-0.4, -0.2) is 10.1 Å². The molecule has 2 rings (SSSR count). The van der Waals surface area contributed by atoms with Crippen LogP contribution in [0.3, 0.4) is 0 Å². The molecule has 0 amide bonds. The average Bonchev–Trinajstić information content (AvgIpc) is 2.10. The zero-order valence-electron chi connectivity index (χ0n) is 5.71. The highest BCUT2D eigenvalue weighted by Crippen LogP contribution is 2.34. The number of rotatable bonds is 1. The minimum Gasteiger partial charge on any atom is -0.339 e. The summed E-state index contributed by atoms with van der Waals surface area (Å²) in [5.41, 5.74) is 0. The maximum atomic E-state index is 4.94. The summed E-state index contributed by atoms with van der Waals surface area (Å²) in [4.78, 5) is 4.04. The summed E-state index contributed by atoms with van der Waals surface area (Å²) in [6, 6.07) is 0. The summed E-state index contributed by atoms with van der Waals surface area (Å²) < 4.78 is 4.94. The van der Waals surface area contributed by atoms with Gasteiger partial charge in [0, 0.05) is 12.8 Å². The zero-order valence-corrected chi connectivity index (χ0v) is 5.71. The van der Waals surface area contributed by atoms with Gasteiger partial charge < -0.3 is 4.52 Å². The average molecular weight is 137 g/mol. The Kier molecular flexibility index (Phi) is 1.22. The summed E-state index contributed by atoms with van der Waals surface area (Å²) in [5.74, 6) is 1.81. The third-order valence-electron chi connectivity index (χ3n) is 1.94. The molecular formula is C7H9N2O. The first-order valence-electron chi connectivity index (χ1n) is 3.52. The standard InChI is InChI=1S/C7H9N2O/c1-5-8-7(10-9-5)6-3-2-4-6/h6H,1-4H2. The van der Waals surface area contributed by atoms with Crippen LogP contribution >= 0.6 is 0 Å². The molecule has 0 saturated heterocycles. The first kappa shape index (κ1) is 5.89. The molecule has 0 aromatic carbocycles. The molecule has 0 N–H and O–H groups in total. The SMILES string of the molecule is [CH2]c1noc(C2CCC2)n1. The Morgan fingerprint density at radius 2 is 2.30 bits per heavy atom. The molecule has 3 nitrogen and oxygen atoms in total. The Morgan fingerprint density at radius 1 is 1.50 bits per heavy atom. The van der Waals surface area contributed by atoms with Crippen LogP contribution in [0.4, 0.5) is 0 Å². The molecule has 10 heavy (non-hydrogen) atoms. The van der Waals surface area contributed by atoms with Crippen molar-refractivity contribution in [1.29, 1.82) is 0 Å². The topological polar surface area (TPSA) is 38.9 Å². The van der Waals surface area contributed by atoms with Crippen LogP contribution in [0.5, 0.6) is 0 Å². The molecule has 1 aromatic heterocycles. The third kappa shape index (κ3) is 0.818.